The zero-order valence-corrected chi connectivity index (χ0v) is 9.59. The summed E-state index contributed by atoms with van der Waals surface area (Å²) in [5.41, 5.74) is -0.296. The second-order valence-corrected chi connectivity index (χ2v) is 4.07. The van der Waals surface area contributed by atoms with Gasteiger partial charge in [0.05, 0.1) is 18.8 Å². The molecule has 7 heteroatoms. The van der Waals surface area contributed by atoms with Crippen molar-refractivity contribution in [3.63, 3.8) is 0 Å². The van der Waals surface area contributed by atoms with Crippen molar-refractivity contribution in [2.24, 2.45) is 0 Å². The van der Waals surface area contributed by atoms with E-state index in [2.05, 4.69) is 9.97 Å². The minimum atomic E-state index is -1.22. The highest BCUT2D eigenvalue weighted by Crippen LogP contribution is 2.28. The second-order valence-electron chi connectivity index (χ2n) is 4.07. The summed E-state index contributed by atoms with van der Waals surface area (Å²) in [7, 11) is 0. The highest BCUT2D eigenvalue weighted by molar-refractivity contribution is 6.02. The maximum Gasteiger partial charge on any atom is 0.354 e. The van der Waals surface area contributed by atoms with Crippen LogP contribution in [0.1, 0.15) is 40.2 Å². The summed E-state index contributed by atoms with van der Waals surface area (Å²) in [6.45, 7) is 0.311. The third-order valence-corrected chi connectivity index (χ3v) is 2.77. The van der Waals surface area contributed by atoms with Gasteiger partial charge in [0.2, 0.25) is 0 Å². The Labute approximate surface area is 103 Å². The number of carboxylic acids is 1. The van der Waals surface area contributed by atoms with Crippen molar-refractivity contribution in [3.8, 4) is 6.07 Å². The average Bonchev–Trinajstić information content (AvgIpc) is 3.05. The zero-order valence-electron chi connectivity index (χ0n) is 9.59. The maximum absolute atomic E-state index is 12.2. The lowest BCUT2D eigenvalue weighted by Crippen LogP contribution is -2.35. The molecule has 0 aliphatic heterocycles. The monoisotopic (exact) mass is 248 g/mol. The van der Waals surface area contributed by atoms with Crippen molar-refractivity contribution < 1.29 is 14.7 Å². The van der Waals surface area contributed by atoms with Crippen molar-refractivity contribution >= 4 is 11.9 Å². The first-order valence-electron chi connectivity index (χ1n) is 5.59. The van der Waals surface area contributed by atoms with E-state index in [9.17, 15) is 9.59 Å². The molecule has 0 aromatic carbocycles. The van der Waals surface area contributed by atoms with Crippen LogP contribution >= 0.6 is 0 Å². The molecule has 94 valence electrons. The molecular weight excluding hydrogens is 236 g/mol. The number of hydrogen-bond acceptors (Lipinski definition) is 4. The summed E-state index contributed by atoms with van der Waals surface area (Å²) in [4.78, 5) is 30.8. The van der Waals surface area contributed by atoms with Crippen LogP contribution in [0.3, 0.4) is 0 Å². The van der Waals surface area contributed by atoms with Crippen LogP contribution in [-0.4, -0.2) is 44.4 Å². The summed E-state index contributed by atoms with van der Waals surface area (Å²) in [6.07, 6.45) is 3.20. The molecule has 0 atom stereocenters. The molecule has 2 N–H and O–H groups in total. The maximum atomic E-state index is 12.2. The molecule has 0 radical (unpaired) electrons. The van der Waals surface area contributed by atoms with E-state index < -0.39 is 11.9 Å². The Balaban J connectivity index is 2.20. The van der Waals surface area contributed by atoms with Crippen molar-refractivity contribution in [1.29, 1.82) is 5.26 Å². The van der Waals surface area contributed by atoms with E-state index >= 15 is 0 Å². The highest BCUT2D eigenvalue weighted by atomic mass is 16.4. The van der Waals surface area contributed by atoms with Gasteiger partial charge in [0.1, 0.15) is 0 Å². The predicted molar refractivity (Wildman–Crippen MR) is 59.8 cm³/mol. The molecule has 7 nitrogen and oxygen atoms in total. The molecule has 1 saturated carbocycles. The van der Waals surface area contributed by atoms with E-state index in [1.165, 1.54) is 11.2 Å². The number of nitriles is 1. The van der Waals surface area contributed by atoms with E-state index in [4.69, 9.17) is 10.4 Å². The quantitative estimate of drug-likeness (QED) is 0.793. The number of carboxylic acid groups (broad SMARTS) is 1. The molecule has 0 spiro atoms. The number of nitrogens with zero attached hydrogens (tertiary/aromatic N) is 3. The van der Waals surface area contributed by atoms with Crippen molar-refractivity contribution in [3.05, 3.63) is 17.7 Å². The van der Waals surface area contributed by atoms with Gasteiger partial charge in [0.25, 0.3) is 5.91 Å². The molecular formula is C11H12N4O3. The number of aromatic amines is 1. The Morgan fingerprint density at radius 1 is 1.61 bits per heavy atom. The van der Waals surface area contributed by atoms with Crippen LogP contribution in [0.15, 0.2) is 6.33 Å². The second kappa shape index (κ2) is 4.87. The Morgan fingerprint density at radius 3 is 2.89 bits per heavy atom. The molecule has 1 heterocycles. The molecule has 2 rings (SSSR count). The molecule has 1 fully saturated rings. The molecule has 1 amide bonds. The third-order valence-electron chi connectivity index (χ3n) is 2.77. The summed E-state index contributed by atoms with van der Waals surface area (Å²) >= 11 is 0. The van der Waals surface area contributed by atoms with Crippen LogP contribution in [-0.2, 0) is 0 Å². The Bertz CT molecular complexity index is 513. The largest absolute Gasteiger partial charge is 0.477 e. The molecule has 0 unspecified atom stereocenters. The van der Waals surface area contributed by atoms with Gasteiger partial charge in [0, 0.05) is 12.6 Å². The van der Waals surface area contributed by atoms with Crippen molar-refractivity contribution in [2.45, 2.75) is 25.3 Å². The van der Waals surface area contributed by atoms with Crippen LogP contribution in [0.25, 0.3) is 0 Å². The predicted octanol–water partition coefficient (Wildman–Crippen LogP) is 0.626. The SMILES string of the molecule is N#CCCN(C(=O)c1nc[nH]c1C(=O)O)C1CC1. The normalized spacial score (nSPS) is 13.9. The Kier molecular flexibility index (Phi) is 3.28. The number of hydrogen-bond donors (Lipinski definition) is 2. The third kappa shape index (κ3) is 2.32. The number of nitrogens with one attached hydrogen (secondary N) is 1. The van der Waals surface area contributed by atoms with Crippen molar-refractivity contribution in [2.75, 3.05) is 6.54 Å². The molecule has 18 heavy (non-hydrogen) atoms. The van der Waals surface area contributed by atoms with Gasteiger partial charge in [-0.25, -0.2) is 9.78 Å². The lowest BCUT2D eigenvalue weighted by atomic mass is 10.2. The first-order chi connectivity index (χ1) is 8.65. The number of H-pyrrole nitrogens is 1. The van der Waals surface area contributed by atoms with E-state index in [-0.39, 0.29) is 23.9 Å². The molecule has 1 aromatic heterocycles. The number of amides is 1. The fourth-order valence-corrected chi connectivity index (χ4v) is 1.76. The zero-order chi connectivity index (χ0) is 13.1. The van der Waals surface area contributed by atoms with Gasteiger partial charge < -0.3 is 15.0 Å². The first-order valence-corrected chi connectivity index (χ1v) is 5.59. The van der Waals surface area contributed by atoms with Gasteiger partial charge in [-0.15, -0.1) is 0 Å². The molecule has 1 aliphatic carbocycles. The van der Waals surface area contributed by atoms with Gasteiger partial charge in [-0.05, 0) is 12.8 Å². The molecule has 0 saturated heterocycles. The standard InChI is InChI=1S/C11H12N4O3/c12-4-1-5-15(7-2-3-7)10(16)8-9(11(17)18)14-6-13-8/h6-7H,1-3,5H2,(H,13,14)(H,17,18). The topological polar surface area (TPSA) is 110 Å². The van der Waals surface area contributed by atoms with Gasteiger partial charge in [0.15, 0.2) is 11.4 Å². The van der Waals surface area contributed by atoms with E-state index in [1.807, 2.05) is 6.07 Å². The summed E-state index contributed by atoms with van der Waals surface area (Å²) in [6, 6.07) is 2.09. The van der Waals surface area contributed by atoms with Crippen LogP contribution in [0.4, 0.5) is 0 Å². The van der Waals surface area contributed by atoms with E-state index in [0.717, 1.165) is 12.8 Å². The summed E-state index contributed by atoms with van der Waals surface area (Å²) in [5, 5.41) is 17.5. The minimum Gasteiger partial charge on any atom is -0.477 e. The minimum absolute atomic E-state index is 0.0904. The fraction of sp³-hybridized carbons (Fsp3) is 0.455. The summed E-state index contributed by atoms with van der Waals surface area (Å²) in [5.74, 6) is -1.64. The van der Waals surface area contributed by atoms with E-state index in [1.54, 1.807) is 0 Å². The lowest BCUT2D eigenvalue weighted by molar-refractivity contribution is 0.0666. The van der Waals surface area contributed by atoms with Crippen molar-refractivity contribution in [1.82, 2.24) is 14.9 Å². The van der Waals surface area contributed by atoms with Gasteiger partial charge in [-0.3, -0.25) is 4.79 Å². The lowest BCUT2D eigenvalue weighted by Gasteiger charge is -2.20. The number of carbonyl (C=O) groups excluding carboxylic acids is 1. The fourth-order valence-electron chi connectivity index (χ4n) is 1.76. The number of aromatic carboxylic acids is 1. The molecule has 1 aliphatic rings. The van der Waals surface area contributed by atoms with Gasteiger partial charge in [-0.2, -0.15) is 5.26 Å². The molecule has 0 bridgehead atoms. The number of imidazole rings is 1. The molecule has 1 aromatic rings. The Hall–Kier alpha value is -2.36. The van der Waals surface area contributed by atoms with Gasteiger partial charge in [-0.1, -0.05) is 0 Å². The number of carbonyl (C=O) groups is 2. The highest BCUT2D eigenvalue weighted by Gasteiger charge is 2.35. The summed E-state index contributed by atoms with van der Waals surface area (Å²) < 4.78 is 0. The van der Waals surface area contributed by atoms with E-state index in [0.29, 0.717) is 6.54 Å². The van der Waals surface area contributed by atoms with Crippen LogP contribution in [0, 0.1) is 11.3 Å². The first kappa shape index (κ1) is 12.1. The number of rotatable bonds is 5. The smallest absolute Gasteiger partial charge is 0.354 e. The number of aromatic nitrogens is 2. The van der Waals surface area contributed by atoms with Crippen LogP contribution in [0.2, 0.25) is 0 Å². The average molecular weight is 248 g/mol. The van der Waals surface area contributed by atoms with Crippen LogP contribution in [0.5, 0.6) is 0 Å². The van der Waals surface area contributed by atoms with Gasteiger partial charge >= 0.3 is 5.97 Å². The van der Waals surface area contributed by atoms with Crippen LogP contribution < -0.4 is 0 Å². The Morgan fingerprint density at radius 2 is 2.33 bits per heavy atom.